The first kappa shape index (κ1) is 12.7. The molecule has 1 N–H and O–H groups in total. The summed E-state index contributed by atoms with van der Waals surface area (Å²) in [6.07, 6.45) is 0.422. The lowest BCUT2D eigenvalue weighted by Crippen LogP contribution is -2.15. The zero-order valence-corrected chi connectivity index (χ0v) is 11.8. The quantitative estimate of drug-likeness (QED) is 0.616. The van der Waals surface area contributed by atoms with Crippen LogP contribution < -0.4 is 5.56 Å². The first-order valence-electron chi connectivity index (χ1n) is 7.12. The molecule has 4 rings (SSSR count). The van der Waals surface area contributed by atoms with Crippen LogP contribution in [-0.2, 0) is 6.42 Å². The molecule has 4 aromatic rings. The Bertz CT molecular complexity index is 1040. The molecule has 0 radical (unpaired) electrons. The second-order valence-corrected chi connectivity index (χ2v) is 5.20. The molecule has 0 atom stereocenters. The Morgan fingerprint density at radius 3 is 2.50 bits per heavy atom. The Kier molecular flexibility index (Phi) is 2.93. The van der Waals surface area contributed by atoms with E-state index in [2.05, 4.69) is 15.0 Å². The predicted octanol–water partition coefficient (Wildman–Crippen LogP) is 3.06. The summed E-state index contributed by atoms with van der Waals surface area (Å²) in [5.74, 6) is 0. The van der Waals surface area contributed by atoms with Crippen LogP contribution in [0.3, 0.4) is 0 Å². The molecule has 0 saturated carbocycles. The van der Waals surface area contributed by atoms with Gasteiger partial charge in [-0.15, -0.1) is 0 Å². The number of fused-ring (bicyclic) bond motifs is 2. The Balaban J connectivity index is 1.78. The van der Waals surface area contributed by atoms with Gasteiger partial charge in [-0.3, -0.25) is 9.78 Å². The number of nitrogens with zero attached hydrogens (tertiary/aromatic N) is 2. The summed E-state index contributed by atoms with van der Waals surface area (Å²) in [4.78, 5) is 24.1. The van der Waals surface area contributed by atoms with Gasteiger partial charge in [0.2, 0.25) is 0 Å². The predicted molar refractivity (Wildman–Crippen MR) is 86.9 cm³/mol. The van der Waals surface area contributed by atoms with Crippen molar-refractivity contribution in [3.8, 4) is 0 Å². The average molecular weight is 287 g/mol. The highest BCUT2D eigenvalue weighted by molar-refractivity contribution is 5.78. The first-order chi connectivity index (χ1) is 10.8. The Labute approximate surface area is 126 Å². The molecule has 0 amide bonds. The number of hydrogen-bond donors (Lipinski definition) is 1. The molecule has 4 heteroatoms. The van der Waals surface area contributed by atoms with Crippen LogP contribution in [-0.4, -0.2) is 15.0 Å². The van der Waals surface area contributed by atoms with Crippen molar-refractivity contribution in [1.29, 1.82) is 0 Å². The lowest BCUT2D eigenvalue weighted by Gasteiger charge is -2.04. The van der Waals surface area contributed by atoms with Gasteiger partial charge in [0, 0.05) is 17.5 Å². The highest BCUT2D eigenvalue weighted by Gasteiger charge is 2.07. The Hall–Kier alpha value is -3.01. The van der Waals surface area contributed by atoms with Gasteiger partial charge in [0.25, 0.3) is 5.56 Å². The van der Waals surface area contributed by atoms with E-state index in [1.807, 2.05) is 60.7 Å². The number of pyridine rings is 1. The number of H-pyrrole nitrogens is 1. The number of hydrogen-bond acceptors (Lipinski definition) is 3. The first-order valence-corrected chi connectivity index (χ1v) is 7.12. The molecular weight excluding hydrogens is 274 g/mol. The van der Waals surface area contributed by atoms with Crippen LogP contribution in [0.2, 0.25) is 0 Å². The van der Waals surface area contributed by atoms with Crippen LogP contribution in [0, 0.1) is 0 Å². The van der Waals surface area contributed by atoms with Gasteiger partial charge in [0.15, 0.2) is 0 Å². The van der Waals surface area contributed by atoms with E-state index in [0.29, 0.717) is 12.1 Å². The van der Waals surface area contributed by atoms with Crippen molar-refractivity contribution in [2.45, 2.75) is 6.42 Å². The molecule has 0 unspecified atom stereocenters. The topological polar surface area (TPSA) is 58.6 Å². The molecule has 0 fully saturated rings. The van der Waals surface area contributed by atoms with Gasteiger partial charge in [-0.1, -0.05) is 36.4 Å². The van der Waals surface area contributed by atoms with Crippen LogP contribution in [0.4, 0.5) is 0 Å². The van der Waals surface area contributed by atoms with E-state index in [-0.39, 0.29) is 5.56 Å². The van der Waals surface area contributed by atoms with E-state index < -0.39 is 0 Å². The summed E-state index contributed by atoms with van der Waals surface area (Å²) >= 11 is 0. The molecule has 0 bridgehead atoms. The molecular formula is C18H13N3O. The fraction of sp³-hybridized carbons (Fsp3) is 0.0556. The molecule has 2 heterocycles. The second kappa shape index (κ2) is 5.07. The summed E-state index contributed by atoms with van der Waals surface area (Å²) in [7, 11) is 0. The van der Waals surface area contributed by atoms with Crippen molar-refractivity contribution in [3.63, 3.8) is 0 Å². The molecule has 0 aliphatic rings. The van der Waals surface area contributed by atoms with Gasteiger partial charge in [0.1, 0.15) is 5.69 Å². The SMILES string of the molecule is O=c1[nH]c2ccccc2nc1Cc1ccc2ccccc2n1. The number of aromatic amines is 1. The molecule has 4 nitrogen and oxygen atoms in total. The molecule has 0 aliphatic carbocycles. The maximum Gasteiger partial charge on any atom is 0.270 e. The van der Waals surface area contributed by atoms with Crippen LogP contribution in [0.15, 0.2) is 65.5 Å². The standard InChI is InChI=1S/C18H13N3O/c22-18-17(20-15-7-3-4-8-16(15)21-18)11-13-10-9-12-5-1-2-6-14(12)19-13/h1-10H,11H2,(H,21,22). The van der Waals surface area contributed by atoms with E-state index in [1.165, 1.54) is 0 Å². The van der Waals surface area contributed by atoms with Crippen LogP contribution in [0.1, 0.15) is 11.4 Å². The van der Waals surface area contributed by atoms with E-state index in [1.54, 1.807) is 0 Å². The van der Waals surface area contributed by atoms with Gasteiger partial charge in [-0.2, -0.15) is 0 Å². The second-order valence-electron chi connectivity index (χ2n) is 5.20. The number of rotatable bonds is 2. The van der Waals surface area contributed by atoms with Gasteiger partial charge < -0.3 is 4.98 Å². The summed E-state index contributed by atoms with van der Waals surface area (Å²) in [5.41, 5.74) is 3.64. The van der Waals surface area contributed by atoms with E-state index in [9.17, 15) is 4.79 Å². The summed E-state index contributed by atoms with van der Waals surface area (Å²) in [6, 6.07) is 19.4. The zero-order chi connectivity index (χ0) is 14.9. The molecule has 0 spiro atoms. The van der Waals surface area contributed by atoms with Gasteiger partial charge in [-0.05, 0) is 24.3 Å². The fourth-order valence-electron chi connectivity index (χ4n) is 2.57. The molecule has 22 heavy (non-hydrogen) atoms. The number of aromatic nitrogens is 3. The third kappa shape index (κ3) is 2.24. The third-order valence-electron chi connectivity index (χ3n) is 3.67. The normalized spacial score (nSPS) is 11.1. The van der Waals surface area contributed by atoms with Crippen molar-refractivity contribution >= 4 is 21.9 Å². The van der Waals surface area contributed by atoms with Crippen molar-refractivity contribution < 1.29 is 0 Å². The summed E-state index contributed by atoms with van der Waals surface area (Å²) < 4.78 is 0. The average Bonchev–Trinajstić information content (AvgIpc) is 2.55. The van der Waals surface area contributed by atoms with Crippen molar-refractivity contribution in [1.82, 2.24) is 15.0 Å². The maximum atomic E-state index is 12.2. The number of benzene rings is 2. The molecule has 106 valence electrons. The monoisotopic (exact) mass is 287 g/mol. The van der Waals surface area contributed by atoms with Crippen molar-refractivity contribution in [2.75, 3.05) is 0 Å². The molecule has 2 aromatic carbocycles. The van der Waals surface area contributed by atoms with Crippen LogP contribution in [0.25, 0.3) is 21.9 Å². The summed E-state index contributed by atoms with van der Waals surface area (Å²) in [6.45, 7) is 0. The lowest BCUT2D eigenvalue weighted by atomic mass is 10.1. The fourth-order valence-corrected chi connectivity index (χ4v) is 2.57. The largest absolute Gasteiger partial charge is 0.319 e. The van der Waals surface area contributed by atoms with Crippen molar-refractivity contribution in [2.24, 2.45) is 0 Å². The van der Waals surface area contributed by atoms with Gasteiger partial charge in [0.05, 0.1) is 16.6 Å². The number of nitrogens with one attached hydrogen (secondary N) is 1. The minimum Gasteiger partial charge on any atom is -0.319 e. The molecule has 2 aromatic heterocycles. The zero-order valence-electron chi connectivity index (χ0n) is 11.8. The molecule has 0 saturated heterocycles. The van der Waals surface area contributed by atoms with E-state index in [4.69, 9.17) is 0 Å². The minimum atomic E-state index is -0.159. The third-order valence-corrected chi connectivity index (χ3v) is 3.67. The minimum absolute atomic E-state index is 0.159. The Morgan fingerprint density at radius 2 is 1.59 bits per heavy atom. The van der Waals surface area contributed by atoms with E-state index >= 15 is 0 Å². The van der Waals surface area contributed by atoms with Gasteiger partial charge >= 0.3 is 0 Å². The van der Waals surface area contributed by atoms with E-state index in [0.717, 1.165) is 27.6 Å². The highest BCUT2D eigenvalue weighted by atomic mass is 16.1. The van der Waals surface area contributed by atoms with Crippen LogP contribution in [0.5, 0.6) is 0 Å². The lowest BCUT2D eigenvalue weighted by molar-refractivity contribution is 0.994. The maximum absolute atomic E-state index is 12.2. The van der Waals surface area contributed by atoms with Crippen LogP contribution >= 0.6 is 0 Å². The van der Waals surface area contributed by atoms with Crippen molar-refractivity contribution in [3.05, 3.63) is 82.4 Å². The summed E-state index contributed by atoms with van der Waals surface area (Å²) in [5, 5.41) is 1.09. The van der Waals surface area contributed by atoms with Gasteiger partial charge in [-0.25, -0.2) is 4.98 Å². The smallest absolute Gasteiger partial charge is 0.270 e. The highest BCUT2D eigenvalue weighted by Crippen LogP contribution is 2.14. The molecule has 0 aliphatic heterocycles. The Morgan fingerprint density at radius 1 is 0.818 bits per heavy atom. The number of para-hydroxylation sites is 3.